The number of ether oxygens (including phenoxy) is 1. The molecule has 1 aliphatic heterocycles. The van der Waals surface area contributed by atoms with Gasteiger partial charge in [-0.25, -0.2) is 4.39 Å². The summed E-state index contributed by atoms with van der Waals surface area (Å²) in [5.41, 5.74) is 1.11. The third-order valence-electron chi connectivity index (χ3n) is 3.36. The quantitative estimate of drug-likeness (QED) is 0.448. The topological polar surface area (TPSA) is 45.7 Å². The fourth-order valence-corrected chi connectivity index (χ4v) is 2.21. The molecule has 6 heteroatoms. The summed E-state index contributed by atoms with van der Waals surface area (Å²) in [5.74, 6) is 0.582. The first-order chi connectivity index (χ1) is 9.78. The molecule has 1 heterocycles. The Kier molecular flexibility index (Phi) is 8.60. The maximum absolute atomic E-state index is 12.8. The zero-order valence-electron chi connectivity index (χ0n) is 12.3. The van der Waals surface area contributed by atoms with E-state index in [0.717, 1.165) is 50.5 Å². The summed E-state index contributed by atoms with van der Waals surface area (Å²) < 4.78 is 18.3. The fraction of sp³-hybridized carbons (Fsp3) is 0.533. The second kappa shape index (κ2) is 9.94. The summed E-state index contributed by atoms with van der Waals surface area (Å²) >= 11 is 0. The number of hydrogen-bond acceptors (Lipinski definition) is 2. The molecular formula is C15H23FIN3O. The van der Waals surface area contributed by atoms with Gasteiger partial charge in [-0.3, -0.25) is 4.99 Å². The van der Waals surface area contributed by atoms with Crippen LogP contribution in [-0.2, 0) is 11.2 Å². The first-order valence-electron chi connectivity index (χ1n) is 7.08. The van der Waals surface area contributed by atoms with E-state index in [9.17, 15) is 4.39 Å². The Bertz CT molecular complexity index is 433. The Morgan fingerprint density at radius 3 is 2.71 bits per heavy atom. The zero-order valence-corrected chi connectivity index (χ0v) is 14.6. The number of aliphatic imine (C=N–C) groups is 1. The van der Waals surface area contributed by atoms with Crippen LogP contribution in [0, 0.1) is 5.82 Å². The van der Waals surface area contributed by atoms with Gasteiger partial charge in [0, 0.05) is 26.7 Å². The Hall–Kier alpha value is -0.890. The van der Waals surface area contributed by atoms with Crippen molar-refractivity contribution in [3.8, 4) is 0 Å². The molecule has 1 aliphatic rings. The van der Waals surface area contributed by atoms with Crippen molar-refractivity contribution in [1.82, 2.24) is 10.6 Å². The van der Waals surface area contributed by atoms with Gasteiger partial charge < -0.3 is 15.4 Å². The lowest BCUT2D eigenvalue weighted by Gasteiger charge is -2.15. The second-order valence-electron chi connectivity index (χ2n) is 4.89. The van der Waals surface area contributed by atoms with Gasteiger partial charge in [0.2, 0.25) is 0 Å². The van der Waals surface area contributed by atoms with Gasteiger partial charge in [0.25, 0.3) is 0 Å². The normalized spacial score (nSPS) is 18.2. The number of halogens is 2. The molecule has 1 aromatic carbocycles. The Labute approximate surface area is 142 Å². The summed E-state index contributed by atoms with van der Waals surface area (Å²) in [7, 11) is 1.75. The van der Waals surface area contributed by atoms with Crippen LogP contribution in [0.5, 0.6) is 0 Å². The highest BCUT2D eigenvalue weighted by atomic mass is 127. The molecule has 1 atom stereocenters. The Morgan fingerprint density at radius 2 is 2.10 bits per heavy atom. The lowest BCUT2D eigenvalue weighted by Crippen LogP contribution is -2.41. The monoisotopic (exact) mass is 407 g/mol. The van der Waals surface area contributed by atoms with E-state index in [0.29, 0.717) is 6.10 Å². The van der Waals surface area contributed by atoms with Gasteiger partial charge in [-0.1, -0.05) is 12.1 Å². The van der Waals surface area contributed by atoms with Crippen LogP contribution in [0.15, 0.2) is 29.3 Å². The summed E-state index contributed by atoms with van der Waals surface area (Å²) in [6.07, 6.45) is 3.38. The minimum Gasteiger partial charge on any atom is -0.376 e. The van der Waals surface area contributed by atoms with E-state index in [1.807, 2.05) is 0 Å². The maximum Gasteiger partial charge on any atom is 0.191 e. The van der Waals surface area contributed by atoms with E-state index in [-0.39, 0.29) is 29.8 Å². The van der Waals surface area contributed by atoms with Crippen LogP contribution in [0.1, 0.15) is 18.4 Å². The lowest BCUT2D eigenvalue weighted by atomic mass is 10.1. The summed E-state index contributed by atoms with van der Waals surface area (Å²) in [4.78, 5) is 4.17. The minimum atomic E-state index is -0.198. The average molecular weight is 407 g/mol. The van der Waals surface area contributed by atoms with Crippen molar-refractivity contribution in [2.45, 2.75) is 25.4 Å². The highest BCUT2D eigenvalue weighted by molar-refractivity contribution is 14.0. The lowest BCUT2D eigenvalue weighted by molar-refractivity contribution is 0.114. The molecule has 0 aromatic heterocycles. The van der Waals surface area contributed by atoms with Gasteiger partial charge in [0.05, 0.1) is 6.10 Å². The first-order valence-corrected chi connectivity index (χ1v) is 7.08. The molecule has 2 rings (SSSR count). The molecule has 0 saturated carbocycles. The SMILES string of the molecule is CN=C(NCCc1ccc(F)cc1)NCC1CCCO1.I. The Balaban J connectivity index is 0.00000220. The van der Waals surface area contributed by atoms with Crippen LogP contribution in [-0.4, -0.2) is 38.8 Å². The standard InChI is InChI=1S/C15H22FN3O.HI/c1-17-15(19-11-14-3-2-10-20-14)18-9-8-12-4-6-13(16)7-5-12;/h4-7,14H,2-3,8-11H2,1H3,(H2,17,18,19);1H. The van der Waals surface area contributed by atoms with Crippen LogP contribution in [0.25, 0.3) is 0 Å². The smallest absolute Gasteiger partial charge is 0.191 e. The van der Waals surface area contributed by atoms with E-state index in [4.69, 9.17) is 4.74 Å². The summed E-state index contributed by atoms with van der Waals surface area (Å²) in [6.45, 7) is 2.41. The fourth-order valence-electron chi connectivity index (χ4n) is 2.21. The average Bonchev–Trinajstić information content (AvgIpc) is 2.98. The predicted octanol–water partition coefficient (Wildman–Crippen LogP) is 2.33. The number of hydrogen-bond donors (Lipinski definition) is 2. The van der Waals surface area contributed by atoms with E-state index in [2.05, 4.69) is 15.6 Å². The number of benzene rings is 1. The van der Waals surface area contributed by atoms with Crippen molar-refractivity contribution in [1.29, 1.82) is 0 Å². The number of guanidine groups is 1. The van der Waals surface area contributed by atoms with Crippen LogP contribution < -0.4 is 10.6 Å². The molecular weight excluding hydrogens is 384 g/mol. The molecule has 1 unspecified atom stereocenters. The van der Waals surface area contributed by atoms with Crippen molar-refractivity contribution in [3.63, 3.8) is 0 Å². The van der Waals surface area contributed by atoms with Gasteiger partial charge >= 0.3 is 0 Å². The van der Waals surface area contributed by atoms with E-state index in [1.165, 1.54) is 12.1 Å². The van der Waals surface area contributed by atoms with Crippen molar-refractivity contribution >= 4 is 29.9 Å². The van der Waals surface area contributed by atoms with Crippen LogP contribution in [0.2, 0.25) is 0 Å². The highest BCUT2D eigenvalue weighted by Gasteiger charge is 2.15. The highest BCUT2D eigenvalue weighted by Crippen LogP contribution is 2.10. The Morgan fingerprint density at radius 1 is 1.33 bits per heavy atom. The molecule has 1 saturated heterocycles. The summed E-state index contributed by atoms with van der Waals surface area (Å²) in [5, 5.41) is 6.51. The number of nitrogens with zero attached hydrogens (tertiary/aromatic N) is 1. The van der Waals surface area contributed by atoms with E-state index >= 15 is 0 Å². The van der Waals surface area contributed by atoms with Crippen molar-refractivity contribution in [3.05, 3.63) is 35.6 Å². The third-order valence-corrected chi connectivity index (χ3v) is 3.36. The molecule has 1 aromatic rings. The zero-order chi connectivity index (χ0) is 14.2. The van der Waals surface area contributed by atoms with Crippen molar-refractivity contribution in [2.75, 3.05) is 26.7 Å². The van der Waals surface area contributed by atoms with Gasteiger partial charge in [0.15, 0.2) is 5.96 Å². The van der Waals surface area contributed by atoms with E-state index < -0.39 is 0 Å². The molecule has 0 aliphatic carbocycles. The van der Waals surface area contributed by atoms with Crippen LogP contribution >= 0.6 is 24.0 Å². The molecule has 2 N–H and O–H groups in total. The minimum absolute atomic E-state index is 0. The molecule has 0 amide bonds. The molecule has 0 bridgehead atoms. The molecule has 1 fully saturated rings. The molecule has 118 valence electrons. The largest absolute Gasteiger partial charge is 0.376 e. The van der Waals surface area contributed by atoms with Crippen LogP contribution in [0.3, 0.4) is 0 Å². The van der Waals surface area contributed by atoms with Gasteiger partial charge in [-0.05, 0) is 37.0 Å². The second-order valence-corrected chi connectivity index (χ2v) is 4.89. The molecule has 0 radical (unpaired) electrons. The molecule has 0 spiro atoms. The van der Waals surface area contributed by atoms with Crippen molar-refractivity contribution < 1.29 is 9.13 Å². The molecule has 21 heavy (non-hydrogen) atoms. The number of nitrogens with one attached hydrogen (secondary N) is 2. The molecule has 4 nitrogen and oxygen atoms in total. The van der Waals surface area contributed by atoms with Crippen LogP contribution in [0.4, 0.5) is 4.39 Å². The third kappa shape index (κ3) is 6.60. The van der Waals surface area contributed by atoms with Gasteiger partial charge in [-0.15, -0.1) is 24.0 Å². The van der Waals surface area contributed by atoms with Crippen molar-refractivity contribution in [2.24, 2.45) is 4.99 Å². The maximum atomic E-state index is 12.8. The summed E-state index contributed by atoms with van der Waals surface area (Å²) in [6, 6.07) is 6.58. The van der Waals surface area contributed by atoms with E-state index in [1.54, 1.807) is 19.2 Å². The first kappa shape index (κ1) is 18.2. The number of rotatable bonds is 5. The predicted molar refractivity (Wildman–Crippen MR) is 93.9 cm³/mol. The van der Waals surface area contributed by atoms with Gasteiger partial charge in [-0.2, -0.15) is 0 Å². The van der Waals surface area contributed by atoms with Gasteiger partial charge in [0.1, 0.15) is 5.82 Å².